The predicted octanol–water partition coefficient (Wildman–Crippen LogP) is 6.80. The average Bonchev–Trinajstić information content (AvgIpc) is 2.97. The lowest BCUT2D eigenvalue weighted by Gasteiger charge is -2.30. The van der Waals surface area contributed by atoms with Gasteiger partial charge < -0.3 is 29.9 Å². The third kappa shape index (κ3) is 7.54. The van der Waals surface area contributed by atoms with Crippen LogP contribution in [0.5, 0.6) is 11.5 Å². The summed E-state index contributed by atoms with van der Waals surface area (Å²) in [5, 5.41) is 6.76. The van der Waals surface area contributed by atoms with Crippen LogP contribution in [-0.2, 0) is 17.7 Å². The first kappa shape index (κ1) is 30.6. The Morgan fingerprint density at radius 1 is 0.977 bits per heavy atom. The molecule has 1 aromatic carbocycles. The van der Waals surface area contributed by atoms with Gasteiger partial charge in [-0.05, 0) is 68.8 Å². The molecule has 1 aliphatic heterocycles. The van der Waals surface area contributed by atoms with Crippen molar-refractivity contribution in [2.75, 3.05) is 31.3 Å². The Balaban J connectivity index is 1.23. The highest BCUT2D eigenvalue weighted by molar-refractivity contribution is 6.32. The fourth-order valence-electron chi connectivity index (χ4n) is 4.49. The number of aromatic nitrogens is 3. The van der Waals surface area contributed by atoms with E-state index in [1.54, 1.807) is 73.9 Å². The van der Waals surface area contributed by atoms with Crippen LogP contribution in [0, 0.1) is 0 Å². The van der Waals surface area contributed by atoms with Crippen LogP contribution in [0.15, 0.2) is 67.0 Å². The molecule has 0 aliphatic carbocycles. The number of nitrogens with one attached hydrogen (secondary N) is 2. The van der Waals surface area contributed by atoms with Crippen molar-refractivity contribution in [1.82, 2.24) is 24.8 Å². The molecule has 2 amide bonds. The number of nitrogens with zero attached hydrogens (tertiary/aromatic N) is 5. The molecule has 0 unspecified atom stereocenters. The third-order valence-corrected chi connectivity index (χ3v) is 6.85. The Kier molecular flexibility index (Phi) is 8.86. The maximum absolute atomic E-state index is 12.5. The number of carbonyl (C=O) groups is 2. The molecule has 1 aliphatic rings. The van der Waals surface area contributed by atoms with Gasteiger partial charge >= 0.3 is 6.09 Å². The molecule has 0 radical (unpaired) electrons. The lowest BCUT2D eigenvalue weighted by molar-refractivity contribution is 0.0222. The first-order chi connectivity index (χ1) is 20.9. The van der Waals surface area contributed by atoms with Gasteiger partial charge in [0.1, 0.15) is 34.6 Å². The van der Waals surface area contributed by atoms with Crippen LogP contribution in [0.25, 0.3) is 0 Å². The molecule has 12 heteroatoms. The molecule has 4 aromatic rings. The number of ether oxygens (including phenoxy) is 2. The van der Waals surface area contributed by atoms with E-state index in [4.69, 9.17) is 26.1 Å². The summed E-state index contributed by atoms with van der Waals surface area (Å²) in [6, 6.07) is 16.0. The summed E-state index contributed by atoms with van der Waals surface area (Å²) in [5.41, 5.74) is 2.46. The van der Waals surface area contributed by atoms with Gasteiger partial charge in [0.05, 0.1) is 17.1 Å². The molecule has 0 spiro atoms. The van der Waals surface area contributed by atoms with Gasteiger partial charge in [-0.25, -0.2) is 19.7 Å². The molecule has 228 valence electrons. The van der Waals surface area contributed by atoms with E-state index in [0.29, 0.717) is 64.7 Å². The second kappa shape index (κ2) is 12.8. The Hall–Kier alpha value is -4.90. The second-order valence-corrected chi connectivity index (χ2v) is 11.8. The van der Waals surface area contributed by atoms with Crippen molar-refractivity contribution < 1.29 is 19.1 Å². The maximum Gasteiger partial charge on any atom is 0.410 e. The zero-order chi connectivity index (χ0) is 31.4. The minimum atomic E-state index is -0.542. The van der Waals surface area contributed by atoms with Crippen LogP contribution in [0.4, 0.5) is 27.9 Å². The Morgan fingerprint density at radius 3 is 2.55 bits per heavy atom. The average molecular weight is 616 g/mol. The molecule has 5 rings (SSSR count). The number of hydrogen-bond donors (Lipinski definition) is 2. The molecule has 0 saturated heterocycles. The highest BCUT2D eigenvalue weighted by Gasteiger charge is 2.26. The number of pyridine rings is 3. The Morgan fingerprint density at radius 2 is 1.80 bits per heavy atom. The fourth-order valence-corrected chi connectivity index (χ4v) is 4.70. The summed E-state index contributed by atoms with van der Waals surface area (Å²) < 4.78 is 11.6. The minimum absolute atomic E-state index is 0.163. The zero-order valence-electron chi connectivity index (χ0n) is 25.2. The van der Waals surface area contributed by atoms with Gasteiger partial charge in [-0.3, -0.25) is 4.79 Å². The SMILES string of the molecule is CN(C)C(=O)c1cccnc1Nc1ccc(Oc2ccnc(Nc3ccc4c(n3)CCN(C(=O)OC(C)(C)C)C4)c2)c(Cl)c1. The van der Waals surface area contributed by atoms with Crippen molar-refractivity contribution in [3.8, 4) is 11.5 Å². The van der Waals surface area contributed by atoms with Gasteiger partial charge in [0.2, 0.25) is 0 Å². The van der Waals surface area contributed by atoms with E-state index in [1.807, 2.05) is 32.9 Å². The van der Waals surface area contributed by atoms with Crippen molar-refractivity contribution in [2.45, 2.75) is 39.3 Å². The summed E-state index contributed by atoms with van der Waals surface area (Å²) in [5.74, 6) is 2.42. The molecule has 11 nitrogen and oxygen atoms in total. The number of rotatable bonds is 7. The zero-order valence-corrected chi connectivity index (χ0v) is 26.0. The smallest absolute Gasteiger partial charge is 0.410 e. The van der Waals surface area contributed by atoms with Crippen molar-refractivity contribution in [2.24, 2.45) is 0 Å². The summed E-state index contributed by atoms with van der Waals surface area (Å²) in [6.45, 7) is 6.55. The van der Waals surface area contributed by atoms with Crippen LogP contribution < -0.4 is 15.4 Å². The molecule has 0 saturated carbocycles. The molecule has 3 aromatic heterocycles. The third-order valence-electron chi connectivity index (χ3n) is 6.55. The molecule has 2 N–H and O–H groups in total. The first-order valence-corrected chi connectivity index (χ1v) is 14.4. The number of benzene rings is 1. The predicted molar refractivity (Wildman–Crippen MR) is 169 cm³/mol. The first-order valence-electron chi connectivity index (χ1n) is 14.1. The number of hydrogen-bond acceptors (Lipinski definition) is 9. The lowest BCUT2D eigenvalue weighted by Crippen LogP contribution is -2.40. The summed E-state index contributed by atoms with van der Waals surface area (Å²) in [7, 11) is 3.38. The number of fused-ring (bicyclic) bond motifs is 1. The molecule has 0 atom stereocenters. The lowest BCUT2D eigenvalue weighted by atomic mass is 10.1. The van der Waals surface area contributed by atoms with E-state index in [2.05, 4.69) is 20.6 Å². The van der Waals surface area contributed by atoms with E-state index in [0.717, 1.165) is 11.3 Å². The monoisotopic (exact) mass is 615 g/mol. The Bertz CT molecular complexity index is 1690. The summed E-state index contributed by atoms with van der Waals surface area (Å²) in [4.78, 5) is 41.7. The van der Waals surface area contributed by atoms with Crippen LogP contribution in [-0.4, -0.2) is 63.0 Å². The number of halogens is 1. The van der Waals surface area contributed by atoms with Crippen molar-refractivity contribution in [3.05, 3.63) is 88.8 Å². The molecule has 0 bridgehead atoms. The van der Waals surface area contributed by atoms with Gasteiger partial charge in [-0.2, -0.15) is 0 Å². The molecule has 4 heterocycles. The van der Waals surface area contributed by atoms with Crippen molar-refractivity contribution >= 4 is 46.7 Å². The van der Waals surface area contributed by atoms with Crippen molar-refractivity contribution in [1.29, 1.82) is 0 Å². The van der Waals surface area contributed by atoms with Crippen molar-refractivity contribution in [3.63, 3.8) is 0 Å². The van der Waals surface area contributed by atoms with Gasteiger partial charge in [-0.1, -0.05) is 17.7 Å². The number of anilines is 4. The highest BCUT2D eigenvalue weighted by atomic mass is 35.5. The Labute approximate surface area is 261 Å². The van der Waals surface area contributed by atoms with E-state index in [9.17, 15) is 9.59 Å². The second-order valence-electron chi connectivity index (χ2n) is 11.4. The summed E-state index contributed by atoms with van der Waals surface area (Å²) >= 11 is 6.56. The molecule has 44 heavy (non-hydrogen) atoms. The van der Waals surface area contributed by atoms with Crippen LogP contribution >= 0.6 is 11.6 Å². The van der Waals surface area contributed by atoms with Crippen LogP contribution in [0.2, 0.25) is 5.02 Å². The highest BCUT2D eigenvalue weighted by Crippen LogP contribution is 2.34. The number of carbonyl (C=O) groups excluding carboxylic acids is 2. The minimum Gasteiger partial charge on any atom is -0.456 e. The fraction of sp³-hybridized carbons (Fsp3) is 0.281. The molecule has 0 fully saturated rings. The van der Waals surface area contributed by atoms with E-state index in [1.165, 1.54) is 4.90 Å². The van der Waals surface area contributed by atoms with Gasteiger partial charge in [0.15, 0.2) is 0 Å². The van der Waals surface area contributed by atoms with E-state index < -0.39 is 5.60 Å². The normalized spacial score (nSPS) is 12.6. The maximum atomic E-state index is 12.5. The van der Waals surface area contributed by atoms with E-state index >= 15 is 0 Å². The molecular weight excluding hydrogens is 582 g/mol. The number of amides is 2. The summed E-state index contributed by atoms with van der Waals surface area (Å²) in [6.07, 6.45) is 3.54. The van der Waals surface area contributed by atoms with Gasteiger partial charge in [0, 0.05) is 56.9 Å². The topological polar surface area (TPSA) is 122 Å². The van der Waals surface area contributed by atoms with Crippen LogP contribution in [0.3, 0.4) is 0 Å². The van der Waals surface area contributed by atoms with Gasteiger partial charge in [-0.15, -0.1) is 0 Å². The van der Waals surface area contributed by atoms with Gasteiger partial charge in [0.25, 0.3) is 5.91 Å². The molecular formula is C32H34ClN7O4. The van der Waals surface area contributed by atoms with Crippen LogP contribution in [0.1, 0.15) is 42.4 Å². The standard InChI is InChI=1S/C32H34ClN7O4/c1-32(2,3)44-31(42)40-16-13-25-20(19-40)8-11-27(37-25)38-28-18-22(12-15-34-28)43-26-10-9-21(17-24(26)33)36-29-23(7-6-14-35-29)30(41)39(4)5/h6-12,14-15,17-18H,13,16,19H2,1-5H3,(H,35,36)(H,34,37,38). The quantitative estimate of drug-likeness (QED) is 0.231. The van der Waals surface area contributed by atoms with E-state index in [-0.39, 0.29) is 12.0 Å². The largest absolute Gasteiger partial charge is 0.456 e.